The van der Waals surface area contributed by atoms with Gasteiger partial charge in [-0.1, -0.05) is 69.2 Å². The molecule has 0 heterocycles. The molecule has 122 valence electrons. The second-order valence-corrected chi connectivity index (χ2v) is 8.38. The highest BCUT2D eigenvalue weighted by Gasteiger charge is 2.43. The Labute approximate surface area is 130 Å². The lowest BCUT2D eigenvalue weighted by atomic mass is 9.55. The monoisotopic (exact) mass is 282 g/mol. The van der Waals surface area contributed by atoms with Crippen LogP contribution in [0.25, 0.3) is 0 Å². The van der Waals surface area contributed by atoms with Crippen LogP contribution >= 0.6 is 0 Å². The van der Waals surface area contributed by atoms with Crippen LogP contribution in [0.5, 0.6) is 0 Å². The number of hydrogen-bond donors (Lipinski definition) is 0. The summed E-state index contributed by atoms with van der Waals surface area (Å²) in [4.78, 5) is 0. The van der Waals surface area contributed by atoms with Crippen molar-refractivity contribution in [2.75, 3.05) is 0 Å². The molecule has 0 saturated heterocycles. The van der Waals surface area contributed by atoms with Gasteiger partial charge in [-0.15, -0.1) is 13.2 Å². The number of hydrogen-bond acceptors (Lipinski definition) is 0. The minimum Gasteiger partial charge on any atom is -0.106 e. The quantitative estimate of drug-likeness (QED) is 0.412. The van der Waals surface area contributed by atoms with Gasteiger partial charge < -0.3 is 0 Å². The van der Waals surface area contributed by atoms with Crippen molar-refractivity contribution < 1.29 is 0 Å². The van der Waals surface area contributed by atoms with Crippen LogP contribution in [0.1, 0.15) is 82.1 Å². The molecular weight excluding hydrogens is 240 g/mol. The van der Waals surface area contributed by atoms with Crippen LogP contribution in [0.3, 0.4) is 0 Å². The summed E-state index contributed by atoms with van der Waals surface area (Å²) < 4.78 is 0. The largest absolute Gasteiger partial charge is 0.106 e. The van der Waals surface area contributed by atoms with E-state index < -0.39 is 0 Å². The molecule has 2 unspecified atom stereocenters. The summed E-state index contributed by atoms with van der Waals surface area (Å²) >= 11 is 0. The van der Waals surface area contributed by atoms with Crippen molar-refractivity contribution in [3.05, 3.63) is 13.2 Å². The molecule has 0 aromatic rings. The maximum Gasteiger partial charge on any atom is -0.0334 e. The standard InChI is InChI=1S/C16H32.C2H6.C2H4/c1-11-9-13(15(3,4)5)12(2)14(10-11)16(6,7)8;2*1-2/h11-14H,9-10H2,1-8H3;1-2H3;1-2H2. The van der Waals surface area contributed by atoms with Crippen molar-refractivity contribution in [1.29, 1.82) is 0 Å². The molecule has 0 heteroatoms. The van der Waals surface area contributed by atoms with Crippen molar-refractivity contribution in [3.63, 3.8) is 0 Å². The van der Waals surface area contributed by atoms with Crippen LogP contribution in [-0.2, 0) is 0 Å². The van der Waals surface area contributed by atoms with E-state index in [2.05, 4.69) is 68.5 Å². The maximum atomic E-state index is 3.00. The molecule has 1 aliphatic carbocycles. The van der Waals surface area contributed by atoms with Crippen LogP contribution in [-0.4, -0.2) is 0 Å². The van der Waals surface area contributed by atoms with E-state index in [0.717, 1.165) is 23.7 Å². The molecule has 1 saturated carbocycles. The SMILES string of the molecule is C=C.CC.CC1CC(C(C)(C)C)C(C)C(C(C)(C)C)C1. The molecule has 0 radical (unpaired) electrons. The van der Waals surface area contributed by atoms with Gasteiger partial charge in [-0.25, -0.2) is 0 Å². The third-order valence-electron chi connectivity index (χ3n) is 4.81. The molecule has 1 rings (SSSR count). The first-order valence-electron chi connectivity index (χ1n) is 8.53. The van der Waals surface area contributed by atoms with Gasteiger partial charge in [0.2, 0.25) is 0 Å². The maximum absolute atomic E-state index is 3.00. The fourth-order valence-corrected chi connectivity index (χ4v) is 3.96. The van der Waals surface area contributed by atoms with Crippen molar-refractivity contribution >= 4 is 0 Å². The Kier molecular flexibility index (Phi) is 9.80. The van der Waals surface area contributed by atoms with E-state index in [1.165, 1.54) is 12.8 Å². The summed E-state index contributed by atoms with van der Waals surface area (Å²) in [6.45, 7) is 29.5. The van der Waals surface area contributed by atoms with E-state index in [1.54, 1.807) is 0 Å². The molecule has 1 fully saturated rings. The normalized spacial score (nSPS) is 30.5. The number of rotatable bonds is 0. The van der Waals surface area contributed by atoms with E-state index in [-0.39, 0.29) is 0 Å². The Balaban J connectivity index is 0. The first kappa shape index (κ1) is 22.0. The highest BCUT2D eigenvalue weighted by atomic mass is 14.5. The van der Waals surface area contributed by atoms with E-state index in [0.29, 0.717) is 10.8 Å². The van der Waals surface area contributed by atoms with Crippen molar-refractivity contribution in [2.45, 2.75) is 82.1 Å². The second kappa shape index (κ2) is 8.90. The molecule has 0 aromatic heterocycles. The summed E-state index contributed by atoms with van der Waals surface area (Å²) in [5.74, 6) is 3.56. The van der Waals surface area contributed by atoms with Gasteiger partial charge >= 0.3 is 0 Å². The van der Waals surface area contributed by atoms with E-state index >= 15 is 0 Å². The third kappa shape index (κ3) is 6.46. The van der Waals surface area contributed by atoms with Gasteiger partial charge in [0.1, 0.15) is 0 Å². The molecule has 0 N–H and O–H groups in total. The van der Waals surface area contributed by atoms with Crippen molar-refractivity contribution in [1.82, 2.24) is 0 Å². The first-order valence-corrected chi connectivity index (χ1v) is 8.53. The zero-order valence-corrected chi connectivity index (χ0v) is 16.1. The lowest BCUT2D eigenvalue weighted by molar-refractivity contribution is -0.00431. The van der Waals surface area contributed by atoms with Gasteiger partial charge in [-0.05, 0) is 47.3 Å². The zero-order chi connectivity index (χ0) is 16.7. The molecule has 0 bridgehead atoms. The highest BCUT2D eigenvalue weighted by molar-refractivity contribution is 4.92. The van der Waals surface area contributed by atoms with Gasteiger partial charge in [0.15, 0.2) is 0 Å². The Morgan fingerprint density at radius 1 is 0.700 bits per heavy atom. The molecule has 2 atom stereocenters. The van der Waals surface area contributed by atoms with Crippen molar-refractivity contribution in [2.24, 2.45) is 34.5 Å². The van der Waals surface area contributed by atoms with Gasteiger partial charge in [-0.3, -0.25) is 0 Å². The molecule has 1 aliphatic rings. The van der Waals surface area contributed by atoms with Crippen LogP contribution in [0.15, 0.2) is 13.2 Å². The minimum absolute atomic E-state index is 0.470. The van der Waals surface area contributed by atoms with Crippen molar-refractivity contribution in [3.8, 4) is 0 Å². The predicted molar refractivity (Wildman–Crippen MR) is 96.1 cm³/mol. The average Bonchev–Trinajstić information content (AvgIpc) is 2.34. The second-order valence-electron chi connectivity index (χ2n) is 8.38. The van der Waals surface area contributed by atoms with Gasteiger partial charge in [-0.2, -0.15) is 0 Å². The lowest BCUT2D eigenvalue weighted by Gasteiger charge is -2.50. The average molecular weight is 283 g/mol. The van der Waals surface area contributed by atoms with Crippen LogP contribution in [0, 0.1) is 34.5 Å². The fraction of sp³-hybridized carbons (Fsp3) is 0.900. The Hall–Kier alpha value is -0.260. The van der Waals surface area contributed by atoms with E-state index in [9.17, 15) is 0 Å². The Morgan fingerprint density at radius 3 is 1.15 bits per heavy atom. The molecule has 0 aromatic carbocycles. The predicted octanol–water partition coefficient (Wildman–Crippen LogP) is 7.21. The van der Waals surface area contributed by atoms with Crippen LogP contribution < -0.4 is 0 Å². The smallest absolute Gasteiger partial charge is 0.0334 e. The molecule has 0 spiro atoms. The summed E-state index contributed by atoms with van der Waals surface area (Å²) in [5.41, 5.74) is 0.940. The first-order chi connectivity index (χ1) is 9.03. The highest BCUT2D eigenvalue weighted by Crippen LogP contribution is 2.51. The minimum atomic E-state index is 0.470. The van der Waals surface area contributed by atoms with Crippen LogP contribution in [0.4, 0.5) is 0 Å². The van der Waals surface area contributed by atoms with Gasteiger partial charge in [0, 0.05) is 0 Å². The molecule has 20 heavy (non-hydrogen) atoms. The summed E-state index contributed by atoms with van der Waals surface area (Å²) in [7, 11) is 0. The summed E-state index contributed by atoms with van der Waals surface area (Å²) in [6, 6.07) is 0. The third-order valence-corrected chi connectivity index (χ3v) is 4.81. The topological polar surface area (TPSA) is 0 Å². The fourth-order valence-electron chi connectivity index (χ4n) is 3.96. The Bertz CT molecular complexity index is 214. The van der Waals surface area contributed by atoms with E-state index in [4.69, 9.17) is 0 Å². The van der Waals surface area contributed by atoms with E-state index in [1.807, 2.05) is 13.8 Å². The summed E-state index contributed by atoms with van der Waals surface area (Å²) in [6.07, 6.45) is 2.86. The Morgan fingerprint density at radius 2 is 0.950 bits per heavy atom. The van der Waals surface area contributed by atoms with Gasteiger partial charge in [0.25, 0.3) is 0 Å². The summed E-state index contributed by atoms with van der Waals surface area (Å²) in [5, 5.41) is 0. The van der Waals surface area contributed by atoms with Gasteiger partial charge in [0.05, 0.1) is 0 Å². The molecule has 0 aliphatic heterocycles. The lowest BCUT2D eigenvalue weighted by Crippen LogP contribution is -2.42. The molecule has 0 amide bonds. The molecular formula is C20H42. The van der Waals surface area contributed by atoms with Crippen LogP contribution in [0.2, 0.25) is 0 Å². The zero-order valence-electron chi connectivity index (χ0n) is 16.1. The molecule has 0 nitrogen and oxygen atoms in total.